The van der Waals surface area contributed by atoms with Crippen molar-refractivity contribution in [1.29, 1.82) is 0 Å². The number of carboxylic acids is 1. The highest BCUT2D eigenvalue weighted by molar-refractivity contribution is 5.96. The summed E-state index contributed by atoms with van der Waals surface area (Å²) in [6.45, 7) is 2.33. The van der Waals surface area contributed by atoms with Crippen molar-refractivity contribution >= 4 is 11.9 Å². The van der Waals surface area contributed by atoms with Gasteiger partial charge in [-0.25, -0.2) is 4.79 Å². The first kappa shape index (κ1) is 13.3. The van der Waals surface area contributed by atoms with Gasteiger partial charge in [-0.05, 0) is 30.9 Å². The molecule has 1 aromatic rings. The molecule has 0 aromatic carbocycles. The first-order valence-electron chi connectivity index (χ1n) is 6.22. The van der Waals surface area contributed by atoms with Crippen molar-refractivity contribution in [2.45, 2.75) is 25.8 Å². The van der Waals surface area contributed by atoms with Gasteiger partial charge in [0.2, 0.25) is 0 Å². The monoisotopic (exact) mass is 264 g/mol. The zero-order chi connectivity index (χ0) is 14.0. The molecule has 0 radical (unpaired) electrons. The van der Waals surface area contributed by atoms with E-state index in [1.54, 1.807) is 6.07 Å². The van der Waals surface area contributed by atoms with Crippen LogP contribution in [0.4, 0.5) is 0 Å². The topological polar surface area (TPSA) is 90.5 Å². The van der Waals surface area contributed by atoms with Crippen LogP contribution in [0, 0.1) is 5.92 Å². The van der Waals surface area contributed by atoms with E-state index in [9.17, 15) is 19.5 Å². The van der Waals surface area contributed by atoms with Crippen molar-refractivity contribution in [1.82, 2.24) is 9.88 Å². The van der Waals surface area contributed by atoms with Crippen LogP contribution in [-0.4, -0.2) is 39.5 Å². The number of nitrogens with zero attached hydrogens (tertiary/aromatic N) is 1. The lowest BCUT2D eigenvalue weighted by molar-refractivity contribution is -0.144. The molecule has 6 nitrogen and oxygen atoms in total. The molecule has 2 rings (SSSR count). The van der Waals surface area contributed by atoms with Gasteiger partial charge in [-0.2, -0.15) is 0 Å². The van der Waals surface area contributed by atoms with E-state index < -0.39 is 23.5 Å². The number of aromatic amines is 1. The molecule has 19 heavy (non-hydrogen) atoms. The number of pyridine rings is 1. The van der Waals surface area contributed by atoms with E-state index in [0.29, 0.717) is 13.0 Å². The van der Waals surface area contributed by atoms with Crippen molar-refractivity contribution in [2.24, 2.45) is 5.92 Å². The normalized spacial score (nSPS) is 23.1. The lowest BCUT2D eigenvalue weighted by Crippen LogP contribution is -2.50. The van der Waals surface area contributed by atoms with Gasteiger partial charge in [-0.1, -0.05) is 6.92 Å². The van der Waals surface area contributed by atoms with Crippen LogP contribution in [0.2, 0.25) is 0 Å². The van der Waals surface area contributed by atoms with Gasteiger partial charge in [-0.3, -0.25) is 9.59 Å². The lowest BCUT2D eigenvalue weighted by atomic mass is 9.92. The summed E-state index contributed by atoms with van der Waals surface area (Å²) in [4.78, 5) is 38.8. The standard InChI is InChI=1S/C13H16N2O4/c1-8-4-6-15(10(7-8)13(18)19)12(17)9-3-2-5-14-11(9)16/h2-3,5,8,10H,4,6-7H2,1H3,(H,14,16)(H,18,19). The minimum atomic E-state index is -1.02. The van der Waals surface area contributed by atoms with Gasteiger partial charge in [0.05, 0.1) is 0 Å². The number of rotatable bonds is 2. The number of hydrogen-bond acceptors (Lipinski definition) is 3. The van der Waals surface area contributed by atoms with Gasteiger partial charge in [0.1, 0.15) is 11.6 Å². The van der Waals surface area contributed by atoms with Gasteiger partial charge in [0.15, 0.2) is 0 Å². The maximum Gasteiger partial charge on any atom is 0.326 e. The van der Waals surface area contributed by atoms with Gasteiger partial charge in [-0.15, -0.1) is 0 Å². The Labute approximate surface area is 110 Å². The number of carbonyl (C=O) groups excluding carboxylic acids is 1. The summed E-state index contributed by atoms with van der Waals surface area (Å²) in [7, 11) is 0. The van der Waals surface area contributed by atoms with E-state index in [0.717, 1.165) is 6.42 Å². The molecule has 2 unspecified atom stereocenters. The van der Waals surface area contributed by atoms with Gasteiger partial charge < -0.3 is 15.0 Å². The molecule has 2 atom stereocenters. The van der Waals surface area contributed by atoms with Crippen LogP contribution in [0.3, 0.4) is 0 Å². The predicted octanol–water partition coefficient (Wildman–Crippen LogP) is 0.700. The number of amides is 1. The number of aromatic nitrogens is 1. The Morgan fingerprint density at radius 2 is 2.21 bits per heavy atom. The third-order valence-electron chi connectivity index (χ3n) is 3.46. The molecule has 1 fully saturated rings. The van der Waals surface area contributed by atoms with Crippen LogP contribution in [0.1, 0.15) is 30.1 Å². The molecule has 1 aliphatic rings. The first-order valence-corrected chi connectivity index (χ1v) is 6.22. The third kappa shape index (κ3) is 2.67. The summed E-state index contributed by atoms with van der Waals surface area (Å²) >= 11 is 0. The number of likely N-dealkylation sites (tertiary alicyclic amines) is 1. The molecule has 0 spiro atoms. The van der Waals surface area contributed by atoms with Crippen LogP contribution >= 0.6 is 0 Å². The number of piperidine rings is 1. The number of aliphatic carboxylic acids is 1. The Balaban J connectivity index is 2.29. The molecule has 1 amide bonds. The van der Waals surface area contributed by atoms with E-state index in [4.69, 9.17) is 0 Å². The predicted molar refractivity (Wildman–Crippen MR) is 67.9 cm³/mol. The molecule has 6 heteroatoms. The highest BCUT2D eigenvalue weighted by Gasteiger charge is 2.35. The molecular formula is C13H16N2O4. The zero-order valence-corrected chi connectivity index (χ0v) is 10.6. The van der Waals surface area contributed by atoms with Crippen LogP contribution in [0.5, 0.6) is 0 Å². The summed E-state index contributed by atoms with van der Waals surface area (Å²) in [6.07, 6.45) is 2.61. The minimum Gasteiger partial charge on any atom is -0.480 e. The molecule has 2 heterocycles. The van der Waals surface area contributed by atoms with Crippen LogP contribution in [-0.2, 0) is 4.79 Å². The second-order valence-corrected chi connectivity index (χ2v) is 4.90. The molecule has 102 valence electrons. The SMILES string of the molecule is CC1CCN(C(=O)c2ccc[nH]c2=O)C(C(=O)O)C1. The van der Waals surface area contributed by atoms with Crippen LogP contribution in [0.15, 0.2) is 23.1 Å². The van der Waals surface area contributed by atoms with Crippen LogP contribution in [0.25, 0.3) is 0 Å². The van der Waals surface area contributed by atoms with E-state index in [2.05, 4.69) is 4.98 Å². The average Bonchev–Trinajstić information content (AvgIpc) is 2.38. The van der Waals surface area contributed by atoms with E-state index >= 15 is 0 Å². The van der Waals surface area contributed by atoms with Crippen molar-refractivity contribution in [3.8, 4) is 0 Å². The Morgan fingerprint density at radius 3 is 2.84 bits per heavy atom. The quantitative estimate of drug-likeness (QED) is 0.822. The van der Waals surface area contributed by atoms with Gasteiger partial charge in [0.25, 0.3) is 11.5 Å². The highest BCUT2D eigenvalue weighted by Crippen LogP contribution is 2.23. The Kier molecular flexibility index (Phi) is 3.69. The second kappa shape index (κ2) is 5.26. The van der Waals surface area contributed by atoms with Crippen LogP contribution < -0.4 is 5.56 Å². The first-order chi connectivity index (χ1) is 9.00. The maximum absolute atomic E-state index is 12.3. The number of nitrogens with one attached hydrogen (secondary N) is 1. The fourth-order valence-corrected chi connectivity index (χ4v) is 2.36. The van der Waals surface area contributed by atoms with E-state index in [1.807, 2.05) is 6.92 Å². The minimum absolute atomic E-state index is 0.0108. The Morgan fingerprint density at radius 1 is 1.47 bits per heavy atom. The zero-order valence-electron chi connectivity index (χ0n) is 10.6. The van der Waals surface area contributed by atoms with Gasteiger partial charge >= 0.3 is 5.97 Å². The van der Waals surface area contributed by atoms with Crippen molar-refractivity contribution < 1.29 is 14.7 Å². The average molecular weight is 264 g/mol. The van der Waals surface area contributed by atoms with Gasteiger partial charge in [0, 0.05) is 12.7 Å². The highest BCUT2D eigenvalue weighted by atomic mass is 16.4. The summed E-state index contributed by atoms with van der Waals surface area (Å²) in [5, 5.41) is 9.21. The lowest BCUT2D eigenvalue weighted by Gasteiger charge is -2.35. The molecule has 2 N–H and O–H groups in total. The largest absolute Gasteiger partial charge is 0.480 e. The number of hydrogen-bond donors (Lipinski definition) is 2. The Bertz CT molecular complexity index is 552. The van der Waals surface area contributed by atoms with Crippen molar-refractivity contribution in [3.05, 3.63) is 34.2 Å². The fourth-order valence-electron chi connectivity index (χ4n) is 2.36. The number of carbonyl (C=O) groups is 2. The fraction of sp³-hybridized carbons (Fsp3) is 0.462. The molecule has 1 aliphatic heterocycles. The smallest absolute Gasteiger partial charge is 0.326 e. The number of H-pyrrole nitrogens is 1. The molecular weight excluding hydrogens is 248 g/mol. The summed E-state index contributed by atoms with van der Waals surface area (Å²) in [5.74, 6) is -1.27. The molecule has 1 saturated heterocycles. The molecule has 1 aromatic heterocycles. The maximum atomic E-state index is 12.3. The molecule has 0 aliphatic carbocycles. The van der Waals surface area contributed by atoms with Crippen molar-refractivity contribution in [3.63, 3.8) is 0 Å². The second-order valence-electron chi connectivity index (χ2n) is 4.90. The Hall–Kier alpha value is -2.11. The summed E-state index contributed by atoms with van der Waals surface area (Å²) < 4.78 is 0. The summed E-state index contributed by atoms with van der Waals surface area (Å²) in [6, 6.07) is 2.12. The third-order valence-corrected chi connectivity index (χ3v) is 3.46. The molecule has 0 bridgehead atoms. The number of carboxylic acid groups (broad SMARTS) is 1. The van der Waals surface area contributed by atoms with E-state index in [1.165, 1.54) is 17.2 Å². The van der Waals surface area contributed by atoms with E-state index in [-0.39, 0.29) is 11.5 Å². The molecule has 0 saturated carbocycles. The van der Waals surface area contributed by atoms with Crippen molar-refractivity contribution in [2.75, 3.05) is 6.54 Å². The summed E-state index contributed by atoms with van der Waals surface area (Å²) in [5.41, 5.74) is -0.501.